The Morgan fingerprint density at radius 3 is 2.11 bits per heavy atom. The highest BCUT2D eigenvalue weighted by Gasteiger charge is 2.25. The van der Waals surface area contributed by atoms with Crippen LogP contribution in [0.15, 0.2) is 78.9 Å². The zero-order chi connectivity index (χ0) is 24.6. The lowest BCUT2D eigenvalue weighted by Crippen LogP contribution is -2.43. The van der Waals surface area contributed by atoms with Crippen molar-refractivity contribution in [2.45, 2.75) is 25.4 Å². The van der Waals surface area contributed by atoms with Gasteiger partial charge in [0, 0.05) is 37.2 Å². The van der Waals surface area contributed by atoms with E-state index in [4.69, 9.17) is 14.6 Å². The van der Waals surface area contributed by atoms with Crippen molar-refractivity contribution in [1.82, 2.24) is 4.90 Å². The summed E-state index contributed by atoms with van der Waals surface area (Å²) < 4.78 is 11.5. The third-order valence-electron chi connectivity index (χ3n) is 5.63. The summed E-state index contributed by atoms with van der Waals surface area (Å²) in [7, 11) is 0. The molecule has 0 atom stereocenters. The number of nitrogens with one attached hydrogen (secondary N) is 1. The lowest BCUT2D eigenvalue weighted by molar-refractivity contribution is -0.136. The zero-order valence-corrected chi connectivity index (χ0v) is 19.1. The molecule has 1 fully saturated rings. The maximum absolute atomic E-state index is 12.6. The van der Waals surface area contributed by atoms with Crippen LogP contribution in [0.3, 0.4) is 0 Å². The van der Waals surface area contributed by atoms with Crippen LogP contribution in [0.25, 0.3) is 0 Å². The van der Waals surface area contributed by atoms with Gasteiger partial charge in [-0.15, -0.1) is 0 Å². The number of likely N-dealkylation sites (tertiary alicyclic amines) is 1. The van der Waals surface area contributed by atoms with Crippen molar-refractivity contribution >= 4 is 23.7 Å². The SMILES string of the molecule is O=C(O)Cc1ccc(OC2CCN(C(=O)Oc3ccc(NC(=O)c4ccccc4)cc3)CC2)cc1. The number of carboxylic acid groups (broad SMARTS) is 1. The Morgan fingerprint density at radius 1 is 0.857 bits per heavy atom. The quantitative estimate of drug-likeness (QED) is 0.518. The van der Waals surface area contributed by atoms with Gasteiger partial charge in [0.25, 0.3) is 5.91 Å². The summed E-state index contributed by atoms with van der Waals surface area (Å²) in [6.45, 7) is 1.01. The van der Waals surface area contributed by atoms with Crippen LogP contribution in [-0.4, -0.2) is 47.2 Å². The fourth-order valence-corrected chi connectivity index (χ4v) is 3.77. The van der Waals surface area contributed by atoms with E-state index in [1.807, 2.05) is 6.07 Å². The summed E-state index contributed by atoms with van der Waals surface area (Å²) >= 11 is 0. The predicted octanol–water partition coefficient (Wildman–Crippen LogP) is 4.61. The second-order valence-corrected chi connectivity index (χ2v) is 8.23. The van der Waals surface area contributed by atoms with Gasteiger partial charge in [0.15, 0.2) is 0 Å². The highest BCUT2D eigenvalue weighted by Crippen LogP contribution is 2.22. The van der Waals surface area contributed by atoms with Crippen molar-refractivity contribution in [3.8, 4) is 11.5 Å². The summed E-state index contributed by atoms with van der Waals surface area (Å²) in [5.41, 5.74) is 1.88. The van der Waals surface area contributed by atoms with E-state index < -0.39 is 12.1 Å². The van der Waals surface area contributed by atoms with Gasteiger partial charge in [-0.3, -0.25) is 9.59 Å². The van der Waals surface area contributed by atoms with E-state index >= 15 is 0 Å². The molecule has 0 spiro atoms. The molecule has 1 heterocycles. The normalized spacial score (nSPS) is 13.7. The summed E-state index contributed by atoms with van der Waals surface area (Å²) in [5, 5.41) is 11.7. The molecule has 0 aliphatic carbocycles. The van der Waals surface area contributed by atoms with E-state index in [0.29, 0.717) is 54.2 Å². The van der Waals surface area contributed by atoms with Gasteiger partial charge in [-0.05, 0) is 54.1 Å². The number of hydrogen-bond acceptors (Lipinski definition) is 5. The van der Waals surface area contributed by atoms with E-state index in [9.17, 15) is 14.4 Å². The standard InChI is InChI=1S/C27H26N2O6/c30-25(31)18-19-6-10-22(11-7-19)34-24-14-16-29(17-15-24)27(33)35-23-12-8-21(9-13-23)28-26(32)20-4-2-1-3-5-20/h1-13,24H,14-18H2,(H,28,32)(H,30,31). The largest absolute Gasteiger partial charge is 0.490 e. The number of piperidine rings is 1. The monoisotopic (exact) mass is 474 g/mol. The minimum absolute atomic E-state index is 0.0220. The van der Waals surface area contributed by atoms with Crippen molar-refractivity contribution in [3.05, 3.63) is 90.0 Å². The molecule has 0 radical (unpaired) electrons. The molecule has 2 N–H and O–H groups in total. The van der Waals surface area contributed by atoms with Crippen molar-refractivity contribution in [2.75, 3.05) is 18.4 Å². The van der Waals surface area contributed by atoms with Crippen LogP contribution in [0, 0.1) is 0 Å². The number of carbonyl (C=O) groups excluding carboxylic acids is 2. The van der Waals surface area contributed by atoms with Crippen molar-refractivity contribution in [3.63, 3.8) is 0 Å². The third kappa shape index (κ3) is 6.83. The zero-order valence-electron chi connectivity index (χ0n) is 19.1. The van der Waals surface area contributed by atoms with Crippen LogP contribution in [0.4, 0.5) is 10.5 Å². The summed E-state index contributed by atoms with van der Waals surface area (Å²) in [6.07, 6.45) is 0.845. The van der Waals surface area contributed by atoms with Crippen LogP contribution in [-0.2, 0) is 11.2 Å². The average molecular weight is 475 g/mol. The molecule has 3 aromatic rings. The molecule has 35 heavy (non-hydrogen) atoms. The van der Waals surface area contributed by atoms with Crippen LogP contribution in [0.1, 0.15) is 28.8 Å². The Hall–Kier alpha value is -4.33. The summed E-state index contributed by atoms with van der Waals surface area (Å²) in [6, 6.07) is 22.6. The first kappa shape index (κ1) is 23.8. The first-order chi connectivity index (χ1) is 17.0. The van der Waals surface area contributed by atoms with Crippen molar-refractivity contribution in [2.24, 2.45) is 0 Å². The molecule has 0 saturated carbocycles. The fraction of sp³-hybridized carbons (Fsp3) is 0.222. The first-order valence-electron chi connectivity index (χ1n) is 11.4. The molecule has 0 unspecified atom stereocenters. The van der Waals surface area contributed by atoms with Gasteiger partial charge in [0.1, 0.15) is 17.6 Å². The van der Waals surface area contributed by atoms with Crippen LogP contribution in [0.2, 0.25) is 0 Å². The number of hydrogen-bond donors (Lipinski definition) is 2. The Kier molecular flexibility index (Phi) is 7.62. The number of nitrogens with zero attached hydrogens (tertiary/aromatic N) is 1. The minimum atomic E-state index is -0.872. The van der Waals surface area contributed by atoms with Gasteiger partial charge >= 0.3 is 12.1 Å². The molecule has 4 rings (SSSR count). The summed E-state index contributed by atoms with van der Waals surface area (Å²) in [4.78, 5) is 37.2. The maximum atomic E-state index is 12.6. The van der Waals surface area contributed by atoms with E-state index in [1.165, 1.54) is 0 Å². The molecule has 8 heteroatoms. The van der Waals surface area contributed by atoms with Crippen molar-refractivity contribution < 1.29 is 29.0 Å². The number of ether oxygens (including phenoxy) is 2. The Balaban J connectivity index is 1.22. The topological polar surface area (TPSA) is 105 Å². The fourth-order valence-electron chi connectivity index (χ4n) is 3.77. The highest BCUT2D eigenvalue weighted by molar-refractivity contribution is 6.04. The minimum Gasteiger partial charge on any atom is -0.490 e. The summed E-state index contributed by atoms with van der Waals surface area (Å²) in [5.74, 6) is -0.00696. The maximum Gasteiger partial charge on any atom is 0.415 e. The van der Waals surface area contributed by atoms with E-state index in [0.717, 1.165) is 0 Å². The Morgan fingerprint density at radius 2 is 1.49 bits per heavy atom. The number of carboxylic acids is 1. The van der Waals surface area contributed by atoms with Gasteiger partial charge in [-0.25, -0.2) is 4.79 Å². The molecule has 180 valence electrons. The predicted molar refractivity (Wildman–Crippen MR) is 130 cm³/mol. The van der Waals surface area contributed by atoms with Crippen LogP contribution in [0.5, 0.6) is 11.5 Å². The number of carbonyl (C=O) groups is 3. The van der Waals surface area contributed by atoms with Gasteiger partial charge in [-0.1, -0.05) is 30.3 Å². The second kappa shape index (κ2) is 11.2. The van der Waals surface area contributed by atoms with E-state index in [2.05, 4.69) is 5.32 Å². The lowest BCUT2D eigenvalue weighted by Gasteiger charge is -2.31. The average Bonchev–Trinajstić information content (AvgIpc) is 2.87. The number of amides is 2. The second-order valence-electron chi connectivity index (χ2n) is 8.23. The van der Waals surface area contributed by atoms with E-state index in [-0.39, 0.29) is 18.4 Å². The Bertz CT molecular complexity index is 1150. The number of aliphatic carboxylic acids is 1. The first-order valence-corrected chi connectivity index (χ1v) is 11.4. The van der Waals surface area contributed by atoms with Gasteiger partial charge in [-0.2, -0.15) is 0 Å². The Labute approximate surface area is 203 Å². The molecular formula is C27H26N2O6. The molecule has 0 aromatic heterocycles. The van der Waals surface area contributed by atoms with E-state index in [1.54, 1.807) is 77.7 Å². The number of anilines is 1. The molecule has 2 amide bonds. The molecule has 0 bridgehead atoms. The molecular weight excluding hydrogens is 448 g/mol. The van der Waals surface area contributed by atoms with Gasteiger partial charge in [0.05, 0.1) is 6.42 Å². The lowest BCUT2D eigenvalue weighted by atomic mass is 10.1. The smallest absolute Gasteiger partial charge is 0.415 e. The van der Waals surface area contributed by atoms with Crippen molar-refractivity contribution in [1.29, 1.82) is 0 Å². The van der Waals surface area contributed by atoms with Crippen LogP contribution < -0.4 is 14.8 Å². The molecule has 1 aliphatic rings. The van der Waals surface area contributed by atoms with Gasteiger partial charge in [0.2, 0.25) is 0 Å². The number of benzene rings is 3. The molecule has 1 aliphatic heterocycles. The molecule has 8 nitrogen and oxygen atoms in total. The third-order valence-corrected chi connectivity index (χ3v) is 5.63. The number of rotatable bonds is 7. The molecule has 3 aromatic carbocycles. The highest BCUT2D eigenvalue weighted by atomic mass is 16.6. The molecule has 1 saturated heterocycles. The van der Waals surface area contributed by atoms with Crippen LogP contribution >= 0.6 is 0 Å². The van der Waals surface area contributed by atoms with Gasteiger partial charge < -0.3 is 24.8 Å².